The van der Waals surface area contributed by atoms with Crippen LogP contribution >= 0.6 is 11.8 Å². The summed E-state index contributed by atoms with van der Waals surface area (Å²) >= 11 is 1.20. The summed E-state index contributed by atoms with van der Waals surface area (Å²) in [5.41, 5.74) is 0.666. The van der Waals surface area contributed by atoms with Crippen molar-refractivity contribution in [2.45, 2.75) is 38.1 Å². The zero-order chi connectivity index (χ0) is 21.5. The third-order valence-electron chi connectivity index (χ3n) is 4.65. The SMILES string of the molecule is Cc1ccc(C(=O)CSc2nc(C(C)(C)C)nc3c2c(=O)n(C)c(=O)n3C)cc1. The Balaban J connectivity index is 2.12. The number of hydrogen-bond donors (Lipinski definition) is 0. The Labute approximate surface area is 172 Å². The Morgan fingerprint density at radius 3 is 2.24 bits per heavy atom. The molecule has 8 heteroatoms. The number of aromatic nitrogens is 4. The number of Topliss-reactive ketones (excluding diaryl/α,β-unsaturated/α-hetero) is 1. The van der Waals surface area contributed by atoms with Gasteiger partial charge in [-0.2, -0.15) is 0 Å². The summed E-state index contributed by atoms with van der Waals surface area (Å²) in [6.07, 6.45) is 0. The first-order valence-electron chi connectivity index (χ1n) is 9.21. The van der Waals surface area contributed by atoms with Crippen LogP contribution in [0.4, 0.5) is 0 Å². The summed E-state index contributed by atoms with van der Waals surface area (Å²) in [7, 11) is 3.00. The van der Waals surface area contributed by atoms with Gasteiger partial charge >= 0.3 is 5.69 Å². The van der Waals surface area contributed by atoms with E-state index in [1.165, 1.54) is 23.4 Å². The van der Waals surface area contributed by atoms with Crippen molar-refractivity contribution in [3.05, 3.63) is 62.1 Å². The number of aryl methyl sites for hydroxylation is 2. The molecule has 0 amide bonds. The quantitative estimate of drug-likeness (QED) is 0.372. The standard InChI is InChI=1S/C21H24N4O3S/c1-12-7-9-13(10-8-12)14(26)11-29-17-15-16(22-19(23-17)21(2,3)4)24(5)20(28)25(6)18(15)27/h7-10H,11H2,1-6H3. The molecule has 0 aliphatic rings. The molecular weight excluding hydrogens is 388 g/mol. The van der Waals surface area contributed by atoms with E-state index < -0.39 is 11.2 Å². The summed E-state index contributed by atoms with van der Waals surface area (Å²) < 4.78 is 2.38. The van der Waals surface area contributed by atoms with Gasteiger partial charge in [-0.25, -0.2) is 14.8 Å². The fourth-order valence-electron chi connectivity index (χ4n) is 2.83. The van der Waals surface area contributed by atoms with Gasteiger partial charge in [0.2, 0.25) is 0 Å². The molecule has 0 saturated carbocycles. The van der Waals surface area contributed by atoms with Crippen molar-refractivity contribution in [2.24, 2.45) is 14.1 Å². The highest BCUT2D eigenvalue weighted by molar-refractivity contribution is 8.00. The van der Waals surface area contributed by atoms with Crippen LogP contribution in [0.15, 0.2) is 38.9 Å². The maximum absolute atomic E-state index is 12.8. The third kappa shape index (κ3) is 4.03. The lowest BCUT2D eigenvalue weighted by Gasteiger charge is -2.19. The lowest BCUT2D eigenvalue weighted by Crippen LogP contribution is -2.38. The summed E-state index contributed by atoms with van der Waals surface area (Å²) in [5.74, 6) is 0.587. The maximum atomic E-state index is 12.8. The molecule has 0 bridgehead atoms. The topological polar surface area (TPSA) is 86.8 Å². The molecule has 7 nitrogen and oxygen atoms in total. The van der Waals surface area contributed by atoms with E-state index in [1.54, 1.807) is 19.2 Å². The van der Waals surface area contributed by atoms with Crippen LogP contribution in [0.5, 0.6) is 0 Å². The van der Waals surface area contributed by atoms with Gasteiger partial charge in [-0.3, -0.25) is 18.7 Å². The van der Waals surface area contributed by atoms with Crippen molar-refractivity contribution < 1.29 is 4.79 Å². The van der Waals surface area contributed by atoms with E-state index in [9.17, 15) is 14.4 Å². The number of rotatable bonds is 4. The van der Waals surface area contributed by atoms with E-state index in [-0.39, 0.29) is 28.0 Å². The second-order valence-corrected chi connectivity index (χ2v) is 9.05. The van der Waals surface area contributed by atoms with Gasteiger partial charge in [0.15, 0.2) is 11.4 Å². The fraction of sp³-hybridized carbons (Fsp3) is 0.381. The average Bonchev–Trinajstić information content (AvgIpc) is 2.67. The van der Waals surface area contributed by atoms with Crippen molar-refractivity contribution in [3.63, 3.8) is 0 Å². The molecule has 3 rings (SSSR count). The number of ketones is 1. The second kappa shape index (κ2) is 7.59. The predicted octanol–water partition coefficient (Wildman–Crippen LogP) is 2.61. The molecule has 2 heterocycles. The maximum Gasteiger partial charge on any atom is 0.332 e. The number of thioether (sulfide) groups is 1. The minimum atomic E-state index is -0.464. The molecule has 0 atom stereocenters. The van der Waals surface area contributed by atoms with E-state index in [2.05, 4.69) is 9.97 Å². The molecule has 3 aromatic rings. The Morgan fingerprint density at radius 2 is 1.66 bits per heavy atom. The van der Waals surface area contributed by atoms with Gasteiger partial charge in [-0.1, -0.05) is 62.4 Å². The molecule has 0 aliphatic heterocycles. The smallest absolute Gasteiger partial charge is 0.293 e. The van der Waals surface area contributed by atoms with E-state index in [0.29, 0.717) is 16.4 Å². The predicted molar refractivity (Wildman–Crippen MR) is 115 cm³/mol. The van der Waals surface area contributed by atoms with Crippen LogP contribution in [0.3, 0.4) is 0 Å². The molecular formula is C21H24N4O3S. The number of fused-ring (bicyclic) bond motifs is 1. The molecule has 0 fully saturated rings. The first-order chi connectivity index (χ1) is 13.5. The molecule has 0 aliphatic carbocycles. The molecule has 0 saturated heterocycles. The largest absolute Gasteiger partial charge is 0.332 e. The van der Waals surface area contributed by atoms with Crippen molar-refractivity contribution in [1.82, 2.24) is 19.1 Å². The zero-order valence-corrected chi connectivity index (χ0v) is 18.3. The van der Waals surface area contributed by atoms with Crippen molar-refractivity contribution in [3.8, 4) is 0 Å². The van der Waals surface area contributed by atoms with Gasteiger partial charge in [0.25, 0.3) is 5.56 Å². The monoisotopic (exact) mass is 412 g/mol. The fourth-order valence-corrected chi connectivity index (χ4v) is 3.73. The van der Waals surface area contributed by atoms with Crippen LogP contribution in [0.1, 0.15) is 42.5 Å². The molecule has 0 spiro atoms. The van der Waals surface area contributed by atoms with Gasteiger partial charge in [0.1, 0.15) is 16.2 Å². The molecule has 0 N–H and O–H groups in total. The number of carbonyl (C=O) groups excluding carboxylic acids is 1. The van der Waals surface area contributed by atoms with Crippen LogP contribution < -0.4 is 11.2 Å². The van der Waals surface area contributed by atoms with Crippen molar-refractivity contribution in [1.29, 1.82) is 0 Å². The summed E-state index contributed by atoms with van der Waals surface area (Å²) in [6.45, 7) is 7.84. The first-order valence-corrected chi connectivity index (χ1v) is 10.2. The van der Waals surface area contributed by atoms with Gasteiger partial charge in [0, 0.05) is 25.1 Å². The third-order valence-corrected chi connectivity index (χ3v) is 5.63. The highest BCUT2D eigenvalue weighted by atomic mass is 32.2. The summed E-state index contributed by atoms with van der Waals surface area (Å²) in [6, 6.07) is 7.36. The van der Waals surface area contributed by atoms with Crippen molar-refractivity contribution >= 4 is 28.6 Å². The van der Waals surface area contributed by atoms with Crippen LogP contribution in [0, 0.1) is 6.92 Å². The van der Waals surface area contributed by atoms with Gasteiger partial charge in [0.05, 0.1) is 5.75 Å². The van der Waals surface area contributed by atoms with Crippen LogP contribution in [-0.4, -0.2) is 30.6 Å². The van der Waals surface area contributed by atoms with Crippen LogP contribution in [-0.2, 0) is 19.5 Å². The van der Waals surface area contributed by atoms with Gasteiger partial charge in [-0.05, 0) is 6.92 Å². The highest BCUT2D eigenvalue weighted by Gasteiger charge is 2.24. The number of hydrogen-bond acceptors (Lipinski definition) is 6. The van der Waals surface area contributed by atoms with Crippen molar-refractivity contribution in [2.75, 3.05) is 5.75 Å². The number of carbonyl (C=O) groups is 1. The van der Waals surface area contributed by atoms with E-state index in [4.69, 9.17) is 0 Å². The molecule has 1 aromatic carbocycles. The highest BCUT2D eigenvalue weighted by Crippen LogP contribution is 2.27. The van der Waals surface area contributed by atoms with Crippen LogP contribution in [0.25, 0.3) is 11.0 Å². The lowest BCUT2D eigenvalue weighted by molar-refractivity contribution is 0.102. The minimum absolute atomic E-state index is 0.0549. The number of benzene rings is 1. The Kier molecular flexibility index (Phi) is 5.49. The first kappa shape index (κ1) is 21.0. The van der Waals surface area contributed by atoms with E-state index in [1.807, 2.05) is 39.8 Å². The van der Waals surface area contributed by atoms with Crippen LogP contribution in [0.2, 0.25) is 0 Å². The summed E-state index contributed by atoms with van der Waals surface area (Å²) in [5, 5.41) is 0.667. The van der Waals surface area contributed by atoms with E-state index in [0.717, 1.165) is 10.1 Å². The zero-order valence-electron chi connectivity index (χ0n) is 17.4. The van der Waals surface area contributed by atoms with Gasteiger partial charge < -0.3 is 0 Å². The number of nitrogens with zero attached hydrogens (tertiary/aromatic N) is 4. The Morgan fingerprint density at radius 1 is 1.03 bits per heavy atom. The molecule has 29 heavy (non-hydrogen) atoms. The molecule has 152 valence electrons. The molecule has 0 radical (unpaired) electrons. The second-order valence-electron chi connectivity index (χ2n) is 8.08. The van der Waals surface area contributed by atoms with E-state index >= 15 is 0 Å². The minimum Gasteiger partial charge on any atom is -0.293 e. The van der Waals surface area contributed by atoms with Gasteiger partial charge in [-0.15, -0.1) is 0 Å². The Hall–Kier alpha value is -2.74. The Bertz CT molecular complexity index is 1220. The normalized spacial score (nSPS) is 11.8. The lowest BCUT2D eigenvalue weighted by atomic mass is 9.96. The molecule has 0 unspecified atom stereocenters. The molecule has 2 aromatic heterocycles. The summed E-state index contributed by atoms with van der Waals surface area (Å²) in [4.78, 5) is 46.9. The average molecular weight is 413 g/mol.